The van der Waals surface area contributed by atoms with Gasteiger partial charge < -0.3 is 5.32 Å². The Morgan fingerprint density at radius 2 is 1.61 bits per heavy atom. The number of halogens is 2. The van der Waals surface area contributed by atoms with Crippen molar-refractivity contribution >= 4 is 34.8 Å². The molecule has 156 valence electrons. The standard InChI is InChI=1S/C24H20Cl2N4O/c1-14-4-5-16(3)21(12-14)30-23(17-7-9-18(25)10-8-17)28-22(29-30)24(31)27-19-11-6-15(2)20(26)13-19/h4-13H,1-3H3,(H,27,31). The first-order valence-corrected chi connectivity index (χ1v) is 10.5. The summed E-state index contributed by atoms with van der Waals surface area (Å²) in [6.07, 6.45) is 0. The Kier molecular flexibility index (Phi) is 5.81. The molecule has 0 saturated heterocycles. The molecule has 1 amide bonds. The van der Waals surface area contributed by atoms with Gasteiger partial charge in [-0.15, -0.1) is 5.10 Å². The van der Waals surface area contributed by atoms with Crippen LogP contribution in [0.25, 0.3) is 17.1 Å². The summed E-state index contributed by atoms with van der Waals surface area (Å²) in [5, 5.41) is 8.57. The summed E-state index contributed by atoms with van der Waals surface area (Å²) >= 11 is 12.2. The van der Waals surface area contributed by atoms with Crippen LogP contribution in [0.4, 0.5) is 5.69 Å². The fourth-order valence-corrected chi connectivity index (χ4v) is 3.47. The summed E-state index contributed by atoms with van der Waals surface area (Å²) in [7, 11) is 0. The van der Waals surface area contributed by atoms with Gasteiger partial charge in [0.05, 0.1) is 5.69 Å². The second kappa shape index (κ2) is 8.53. The number of nitrogens with zero attached hydrogens (tertiary/aromatic N) is 3. The van der Waals surface area contributed by atoms with Crippen molar-refractivity contribution in [1.82, 2.24) is 14.8 Å². The van der Waals surface area contributed by atoms with Crippen LogP contribution in [-0.2, 0) is 0 Å². The second-order valence-corrected chi connectivity index (χ2v) is 8.23. The van der Waals surface area contributed by atoms with Crippen LogP contribution in [0.5, 0.6) is 0 Å². The molecule has 0 spiro atoms. The summed E-state index contributed by atoms with van der Waals surface area (Å²) in [5.41, 5.74) is 5.27. The molecule has 0 radical (unpaired) electrons. The first-order chi connectivity index (χ1) is 14.8. The second-order valence-electron chi connectivity index (χ2n) is 7.39. The summed E-state index contributed by atoms with van der Waals surface area (Å²) in [4.78, 5) is 17.5. The molecule has 1 heterocycles. The van der Waals surface area contributed by atoms with E-state index in [4.69, 9.17) is 23.2 Å². The van der Waals surface area contributed by atoms with Gasteiger partial charge in [-0.3, -0.25) is 4.79 Å². The Balaban J connectivity index is 1.78. The zero-order chi connectivity index (χ0) is 22.1. The third-order valence-corrected chi connectivity index (χ3v) is 5.59. The van der Waals surface area contributed by atoms with Gasteiger partial charge in [-0.1, -0.05) is 41.4 Å². The number of anilines is 1. The normalized spacial score (nSPS) is 10.9. The molecule has 0 bridgehead atoms. The van der Waals surface area contributed by atoms with Gasteiger partial charge in [-0.05, 0) is 79.9 Å². The third-order valence-electron chi connectivity index (χ3n) is 4.94. The molecule has 1 N–H and O–H groups in total. The first kappa shape index (κ1) is 21.1. The number of hydrogen-bond donors (Lipinski definition) is 1. The molecule has 0 atom stereocenters. The van der Waals surface area contributed by atoms with Crippen molar-refractivity contribution in [3.8, 4) is 17.1 Å². The summed E-state index contributed by atoms with van der Waals surface area (Å²) in [5.74, 6) is 0.194. The molecule has 0 saturated carbocycles. The number of carbonyl (C=O) groups excluding carboxylic acids is 1. The zero-order valence-corrected chi connectivity index (χ0v) is 18.8. The number of aryl methyl sites for hydroxylation is 3. The summed E-state index contributed by atoms with van der Waals surface area (Å²) in [6, 6.07) is 18.7. The Bertz CT molecular complexity index is 1280. The Labute approximate surface area is 190 Å². The van der Waals surface area contributed by atoms with E-state index in [0.29, 0.717) is 21.6 Å². The minimum Gasteiger partial charge on any atom is -0.319 e. The Morgan fingerprint density at radius 3 is 2.32 bits per heavy atom. The highest BCUT2D eigenvalue weighted by Crippen LogP contribution is 2.26. The fraction of sp³-hybridized carbons (Fsp3) is 0.125. The van der Waals surface area contributed by atoms with Gasteiger partial charge in [0.15, 0.2) is 5.82 Å². The Hall–Kier alpha value is -3.15. The summed E-state index contributed by atoms with van der Waals surface area (Å²) in [6.45, 7) is 5.91. The van der Waals surface area contributed by atoms with Gasteiger partial charge in [-0.2, -0.15) is 0 Å². The van der Waals surface area contributed by atoms with E-state index in [1.54, 1.807) is 28.9 Å². The predicted octanol–water partition coefficient (Wildman–Crippen LogP) is 6.42. The van der Waals surface area contributed by atoms with Crippen molar-refractivity contribution in [3.05, 3.63) is 93.2 Å². The van der Waals surface area contributed by atoms with E-state index in [1.807, 2.05) is 57.2 Å². The molecule has 5 nitrogen and oxygen atoms in total. The van der Waals surface area contributed by atoms with Crippen molar-refractivity contribution in [2.45, 2.75) is 20.8 Å². The lowest BCUT2D eigenvalue weighted by molar-refractivity contribution is 0.101. The topological polar surface area (TPSA) is 59.8 Å². The zero-order valence-electron chi connectivity index (χ0n) is 17.3. The highest BCUT2D eigenvalue weighted by Gasteiger charge is 2.20. The van der Waals surface area contributed by atoms with Crippen molar-refractivity contribution in [3.63, 3.8) is 0 Å². The van der Waals surface area contributed by atoms with E-state index < -0.39 is 5.91 Å². The minimum atomic E-state index is -0.417. The molecule has 0 aliphatic carbocycles. The molecule has 4 rings (SSSR count). The van der Waals surface area contributed by atoms with Crippen LogP contribution in [0.2, 0.25) is 10.0 Å². The fourth-order valence-electron chi connectivity index (χ4n) is 3.17. The number of nitrogens with one attached hydrogen (secondary N) is 1. The van der Waals surface area contributed by atoms with Crippen LogP contribution in [0.1, 0.15) is 27.3 Å². The molecule has 1 aromatic heterocycles. The van der Waals surface area contributed by atoms with Gasteiger partial charge in [0.25, 0.3) is 5.91 Å². The van der Waals surface area contributed by atoms with E-state index in [0.717, 1.165) is 27.9 Å². The van der Waals surface area contributed by atoms with Gasteiger partial charge >= 0.3 is 0 Å². The largest absolute Gasteiger partial charge is 0.319 e. The van der Waals surface area contributed by atoms with E-state index in [9.17, 15) is 4.79 Å². The van der Waals surface area contributed by atoms with Gasteiger partial charge in [-0.25, -0.2) is 9.67 Å². The van der Waals surface area contributed by atoms with E-state index in [1.165, 1.54) is 0 Å². The van der Waals surface area contributed by atoms with Crippen molar-refractivity contribution < 1.29 is 4.79 Å². The molecule has 7 heteroatoms. The molecule has 4 aromatic rings. The van der Waals surface area contributed by atoms with Gasteiger partial charge in [0.1, 0.15) is 0 Å². The number of amides is 1. The molecule has 31 heavy (non-hydrogen) atoms. The number of hydrogen-bond acceptors (Lipinski definition) is 3. The smallest absolute Gasteiger partial charge is 0.295 e. The van der Waals surface area contributed by atoms with Crippen LogP contribution in [0.15, 0.2) is 60.7 Å². The van der Waals surface area contributed by atoms with Gasteiger partial charge in [0, 0.05) is 21.3 Å². The van der Waals surface area contributed by atoms with Crippen LogP contribution in [-0.4, -0.2) is 20.7 Å². The van der Waals surface area contributed by atoms with Crippen molar-refractivity contribution in [2.24, 2.45) is 0 Å². The molecule has 0 unspecified atom stereocenters. The highest BCUT2D eigenvalue weighted by molar-refractivity contribution is 6.31. The highest BCUT2D eigenvalue weighted by atomic mass is 35.5. The maximum Gasteiger partial charge on any atom is 0.295 e. The third kappa shape index (κ3) is 4.48. The average molecular weight is 451 g/mol. The maximum atomic E-state index is 12.9. The van der Waals surface area contributed by atoms with Crippen LogP contribution in [0.3, 0.4) is 0 Å². The van der Waals surface area contributed by atoms with E-state index in [-0.39, 0.29) is 5.82 Å². The lowest BCUT2D eigenvalue weighted by Gasteiger charge is -2.10. The number of benzene rings is 3. The number of aromatic nitrogens is 3. The number of carbonyl (C=O) groups is 1. The summed E-state index contributed by atoms with van der Waals surface area (Å²) < 4.78 is 1.70. The van der Waals surface area contributed by atoms with E-state index >= 15 is 0 Å². The lowest BCUT2D eigenvalue weighted by Crippen LogP contribution is -2.14. The molecule has 0 aliphatic heterocycles. The molecular weight excluding hydrogens is 431 g/mol. The van der Waals surface area contributed by atoms with E-state index in [2.05, 4.69) is 15.4 Å². The van der Waals surface area contributed by atoms with Crippen LogP contribution >= 0.6 is 23.2 Å². The molecule has 0 aliphatic rings. The monoisotopic (exact) mass is 450 g/mol. The first-order valence-electron chi connectivity index (χ1n) is 9.70. The van der Waals surface area contributed by atoms with Crippen LogP contribution in [0, 0.1) is 20.8 Å². The van der Waals surface area contributed by atoms with Crippen LogP contribution < -0.4 is 5.32 Å². The maximum absolute atomic E-state index is 12.9. The lowest BCUT2D eigenvalue weighted by atomic mass is 10.1. The average Bonchev–Trinajstić information content (AvgIpc) is 3.18. The quantitative estimate of drug-likeness (QED) is 0.390. The predicted molar refractivity (Wildman–Crippen MR) is 125 cm³/mol. The molecular formula is C24H20Cl2N4O. The van der Waals surface area contributed by atoms with Crippen molar-refractivity contribution in [2.75, 3.05) is 5.32 Å². The Morgan fingerprint density at radius 1 is 0.903 bits per heavy atom. The van der Waals surface area contributed by atoms with Gasteiger partial charge in [0.2, 0.25) is 5.82 Å². The van der Waals surface area contributed by atoms with Crippen molar-refractivity contribution in [1.29, 1.82) is 0 Å². The number of rotatable bonds is 4. The molecule has 0 fully saturated rings. The molecule has 3 aromatic carbocycles. The minimum absolute atomic E-state index is 0.0579. The SMILES string of the molecule is Cc1ccc(C)c(-n2nc(C(=O)Nc3ccc(C)c(Cl)c3)nc2-c2ccc(Cl)cc2)c1.